The maximum absolute atomic E-state index is 13.1. The van der Waals surface area contributed by atoms with Gasteiger partial charge in [-0.1, -0.05) is 23.8 Å². The summed E-state index contributed by atoms with van der Waals surface area (Å²) in [6, 6.07) is 4.47. The third kappa shape index (κ3) is 1.71. The molecule has 1 nitrogen and oxygen atoms in total. The lowest BCUT2D eigenvalue weighted by molar-refractivity contribution is 0.602. The van der Waals surface area contributed by atoms with Crippen molar-refractivity contribution in [1.29, 1.82) is 0 Å². The first-order valence-corrected chi connectivity index (χ1v) is 3.79. The van der Waals surface area contributed by atoms with Crippen LogP contribution in [0.15, 0.2) is 30.9 Å². The standard InChI is InChI=1S/C10H12FN/c1-3-10(12)8-6-7(2)4-5-9(8)11/h3-6,10H,1,12H2,2H3/t10-/m1/s1. The molecule has 0 aliphatic heterocycles. The second-order valence-corrected chi connectivity index (χ2v) is 2.79. The van der Waals surface area contributed by atoms with Gasteiger partial charge >= 0.3 is 0 Å². The zero-order chi connectivity index (χ0) is 9.14. The number of hydrogen-bond donors (Lipinski definition) is 1. The van der Waals surface area contributed by atoms with Crippen molar-refractivity contribution in [2.45, 2.75) is 13.0 Å². The Morgan fingerprint density at radius 2 is 2.25 bits per heavy atom. The molecular weight excluding hydrogens is 153 g/mol. The van der Waals surface area contributed by atoms with Crippen molar-refractivity contribution in [2.75, 3.05) is 0 Å². The fourth-order valence-corrected chi connectivity index (χ4v) is 1.05. The third-order valence-corrected chi connectivity index (χ3v) is 1.76. The highest BCUT2D eigenvalue weighted by molar-refractivity contribution is 5.28. The number of rotatable bonds is 2. The molecule has 0 unspecified atom stereocenters. The summed E-state index contributed by atoms with van der Waals surface area (Å²) in [4.78, 5) is 0. The molecule has 0 bridgehead atoms. The molecule has 0 heterocycles. The Kier molecular flexibility index (Phi) is 2.61. The minimum atomic E-state index is -0.412. The summed E-state index contributed by atoms with van der Waals surface area (Å²) in [7, 11) is 0. The molecule has 0 aliphatic carbocycles. The summed E-state index contributed by atoms with van der Waals surface area (Å²) < 4.78 is 13.1. The van der Waals surface area contributed by atoms with Crippen LogP contribution in [-0.2, 0) is 0 Å². The summed E-state index contributed by atoms with van der Waals surface area (Å²) in [5.41, 5.74) is 7.11. The topological polar surface area (TPSA) is 26.0 Å². The first kappa shape index (κ1) is 8.94. The quantitative estimate of drug-likeness (QED) is 0.669. The molecule has 0 amide bonds. The summed E-state index contributed by atoms with van der Waals surface area (Å²) in [5.74, 6) is -0.270. The van der Waals surface area contributed by atoms with Gasteiger partial charge in [-0.25, -0.2) is 4.39 Å². The van der Waals surface area contributed by atoms with E-state index in [-0.39, 0.29) is 5.82 Å². The Hall–Kier alpha value is -1.15. The van der Waals surface area contributed by atoms with Crippen LogP contribution in [0, 0.1) is 12.7 Å². The van der Waals surface area contributed by atoms with E-state index in [9.17, 15) is 4.39 Å². The predicted molar refractivity (Wildman–Crippen MR) is 48.3 cm³/mol. The fourth-order valence-electron chi connectivity index (χ4n) is 1.05. The number of nitrogens with two attached hydrogens (primary N) is 1. The Bertz CT molecular complexity index is 294. The lowest BCUT2D eigenvalue weighted by Gasteiger charge is -2.08. The molecule has 0 saturated carbocycles. The van der Waals surface area contributed by atoms with Gasteiger partial charge in [-0.2, -0.15) is 0 Å². The maximum atomic E-state index is 13.1. The molecule has 0 fully saturated rings. The molecule has 1 aromatic rings. The van der Waals surface area contributed by atoms with Gasteiger partial charge in [0.2, 0.25) is 0 Å². The van der Waals surface area contributed by atoms with Gasteiger partial charge in [0.1, 0.15) is 5.82 Å². The Morgan fingerprint density at radius 3 is 2.83 bits per heavy atom. The Labute approximate surface area is 71.7 Å². The molecule has 1 aromatic carbocycles. The minimum absolute atomic E-state index is 0.270. The zero-order valence-corrected chi connectivity index (χ0v) is 7.05. The maximum Gasteiger partial charge on any atom is 0.128 e. The van der Waals surface area contributed by atoms with Crippen molar-refractivity contribution >= 4 is 0 Å². The van der Waals surface area contributed by atoms with Gasteiger partial charge in [0, 0.05) is 5.56 Å². The molecule has 0 aliphatic rings. The van der Waals surface area contributed by atoms with E-state index in [0.717, 1.165) is 5.56 Å². The molecule has 0 spiro atoms. The van der Waals surface area contributed by atoms with Gasteiger partial charge in [0.25, 0.3) is 0 Å². The SMILES string of the molecule is C=C[C@@H](N)c1cc(C)ccc1F. The van der Waals surface area contributed by atoms with E-state index in [4.69, 9.17) is 5.73 Å². The van der Waals surface area contributed by atoms with Gasteiger partial charge in [-0.05, 0) is 13.0 Å². The van der Waals surface area contributed by atoms with Gasteiger partial charge < -0.3 is 5.73 Å². The van der Waals surface area contributed by atoms with Crippen LogP contribution in [0.2, 0.25) is 0 Å². The third-order valence-electron chi connectivity index (χ3n) is 1.76. The minimum Gasteiger partial charge on any atom is -0.321 e. The van der Waals surface area contributed by atoms with Crippen LogP contribution in [0.1, 0.15) is 17.2 Å². The highest BCUT2D eigenvalue weighted by atomic mass is 19.1. The molecular formula is C10H12FN. The molecule has 1 rings (SSSR count). The number of aryl methyl sites for hydroxylation is 1. The largest absolute Gasteiger partial charge is 0.321 e. The van der Waals surface area contributed by atoms with Crippen molar-refractivity contribution in [1.82, 2.24) is 0 Å². The van der Waals surface area contributed by atoms with E-state index in [0.29, 0.717) is 5.56 Å². The second-order valence-electron chi connectivity index (χ2n) is 2.79. The monoisotopic (exact) mass is 165 g/mol. The molecule has 0 radical (unpaired) electrons. The van der Waals surface area contributed by atoms with Crippen molar-refractivity contribution < 1.29 is 4.39 Å². The molecule has 0 saturated heterocycles. The Balaban J connectivity index is 3.12. The molecule has 2 N–H and O–H groups in total. The molecule has 1 atom stereocenters. The van der Waals surface area contributed by atoms with Crippen molar-refractivity contribution in [2.24, 2.45) is 5.73 Å². The first-order valence-electron chi connectivity index (χ1n) is 3.79. The smallest absolute Gasteiger partial charge is 0.128 e. The van der Waals surface area contributed by atoms with Crippen LogP contribution in [0.25, 0.3) is 0 Å². The van der Waals surface area contributed by atoms with Crippen molar-refractivity contribution in [3.05, 3.63) is 47.8 Å². The average Bonchev–Trinajstić information content (AvgIpc) is 2.08. The van der Waals surface area contributed by atoms with E-state index < -0.39 is 6.04 Å². The fraction of sp³-hybridized carbons (Fsp3) is 0.200. The second kappa shape index (κ2) is 3.50. The summed E-state index contributed by atoms with van der Waals surface area (Å²) in [6.45, 7) is 5.42. The lowest BCUT2D eigenvalue weighted by Crippen LogP contribution is -2.08. The molecule has 0 aromatic heterocycles. The highest BCUT2D eigenvalue weighted by Gasteiger charge is 2.07. The van der Waals surface area contributed by atoms with Crippen LogP contribution in [0.4, 0.5) is 4.39 Å². The van der Waals surface area contributed by atoms with Crippen molar-refractivity contribution in [3.8, 4) is 0 Å². The van der Waals surface area contributed by atoms with Crippen LogP contribution < -0.4 is 5.73 Å². The van der Waals surface area contributed by atoms with Crippen LogP contribution in [-0.4, -0.2) is 0 Å². The summed E-state index contributed by atoms with van der Waals surface area (Å²) in [5, 5.41) is 0. The number of halogens is 1. The van der Waals surface area contributed by atoms with Crippen LogP contribution in [0.5, 0.6) is 0 Å². The van der Waals surface area contributed by atoms with Gasteiger partial charge in [0.05, 0.1) is 6.04 Å². The summed E-state index contributed by atoms with van der Waals surface area (Å²) >= 11 is 0. The van der Waals surface area contributed by atoms with Crippen LogP contribution in [0.3, 0.4) is 0 Å². The molecule has 2 heteroatoms. The van der Waals surface area contributed by atoms with E-state index in [1.54, 1.807) is 12.1 Å². The van der Waals surface area contributed by atoms with Crippen molar-refractivity contribution in [3.63, 3.8) is 0 Å². The first-order chi connectivity index (χ1) is 5.65. The molecule has 64 valence electrons. The lowest BCUT2D eigenvalue weighted by atomic mass is 10.0. The predicted octanol–water partition coefficient (Wildman–Crippen LogP) is 2.32. The van der Waals surface area contributed by atoms with E-state index in [1.807, 2.05) is 6.92 Å². The van der Waals surface area contributed by atoms with E-state index in [2.05, 4.69) is 6.58 Å². The van der Waals surface area contributed by atoms with Gasteiger partial charge in [0.15, 0.2) is 0 Å². The molecule has 12 heavy (non-hydrogen) atoms. The summed E-state index contributed by atoms with van der Waals surface area (Å²) in [6.07, 6.45) is 1.53. The zero-order valence-electron chi connectivity index (χ0n) is 7.05. The number of hydrogen-bond acceptors (Lipinski definition) is 1. The average molecular weight is 165 g/mol. The van der Waals surface area contributed by atoms with Gasteiger partial charge in [-0.15, -0.1) is 6.58 Å². The number of benzene rings is 1. The highest BCUT2D eigenvalue weighted by Crippen LogP contribution is 2.16. The van der Waals surface area contributed by atoms with E-state index in [1.165, 1.54) is 12.1 Å². The Morgan fingerprint density at radius 1 is 1.58 bits per heavy atom. The van der Waals surface area contributed by atoms with Crippen LogP contribution >= 0.6 is 0 Å². The normalized spacial score (nSPS) is 12.6. The van der Waals surface area contributed by atoms with Gasteiger partial charge in [-0.3, -0.25) is 0 Å². The van der Waals surface area contributed by atoms with E-state index >= 15 is 0 Å².